The van der Waals surface area contributed by atoms with E-state index in [1.165, 1.54) is 31.9 Å². The molecule has 1 atom stereocenters. The Morgan fingerprint density at radius 1 is 1.12 bits per heavy atom. The Hall–Kier alpha value is -1.62. The van der Waals surface area contributed by atoms with Crippen molar-refractivity contribution in [2.75, 3.05) is 13.7 Å². The van der Waals surface area contributed by atoms with Crippen LogP contribution in [-0.4, -0.2) is 36.9 Å². The van der Waals surface area contributed by atoms with Crippen molar-refractivity contribution in [3.63, 3.8) is 0 Å². The van der Waals surface area contributed by atoms with E-state index in [1.807, 2.05) is 6.08 Å². The van der Waals surface area contributed by atoms with E-state index in [1.54, 1.807) is 6.08 Å². The second-order valence-electron chi connectivity index (χ2n) is 6.13. The van der Waals surface area contributed by atoms with E-state index in [0.29, 0.717) is 25.7 Å². The molecule has 0 bridgehead atoms. The first-order valence-corrected chi connectivity index (χ1v) is 8.88. The minimum atomic E-state index is -0.599. The number of unbranched alkanes of at least 4 members (excludes halogenated alkanes) is 1. The zero-order chi connectivity index (χ0) is 17.6. The van der Waals surface area contributed by atoms with E-state index < -0.39 is 6.10 Å². The van der Waals surface area contributed by atoms with Crippen molar-refractivity contribution in [2.45, 2.75) is 70.3 Å². The van der Waals surface area contributed by atoms with Crippen LogP contribution in [0.1, 0.15) is 64.2 Å². The molecule has 1 rings (SSSR count). The highest BCUT2D eigenvalue weighted by Crippen LogP contribution is 2.22. The topological polar surface area (TPSA) is 72.8 Å². The minimum absolute atomic E-state index is 0.206. The lowest BCUT2D eigenvalue weighted by Crippen LogP contribution is -2.11. The maximum absolute atomic E-state index is 11.5. The summed E-state index contributed by atoms with van der Waals surface area (Å²) in [4.78, 5) is 22.4. The van der Waals surface area contributed by atoms with Crippen LogP contribution in [0.15, 0.2) is 23.8 Å². The molecule has 1 saturated carbocycles. The third kappa shape index (κ3) is 10.2. The molecule has 5 heteroatoms. The molecule has 5 nitrogen and oxygen atoms in total. The molecule has 0 aromatic carbocycles. The van der Waals surface area contributed by atoms with E-state index in [4.69, 9.17) is 4.74 Å². The molecule has 0 radical (unpaired) electrons. The van der Waals surface area contributed by atoms with Gasteiger partial charge in [0.2, 0.25) is 0 Å². The number of ether oxygens (including phenoxy) is 2. The van der Waals surface area contributed by atoms with Gasteiger partial charge in [-0.05, 0) is 38.5 Å². The number of allylic oxidation sites excluding steroid dienone is 3. The quantitative estimate of drug-likeness (QED) is 0.488. The molecule has 0 aliphatic heterocycles. The SMILES string of the molecule is COC(=O)CCCCC(=O)OCCC(O)/C=C/C=C1CCCCC1. The molecule has 1 fully saturated rings. The summed E-state index contributed by atoms with van der Waals surface area (Å²) >= 11 is 0. The highest BCUT2D eigenvalue weighted by molar-refractivity contribution is 5.70. The molecule has 0 saturated heterocycles. The van der Waals surface area contributed by atoms with Crippen molar-refractivity contribution in [3.8, 4) is 0 Å². The molecule has 1 aliphatic rings. The Morgan fingerprint density at radius 3 is 2.46 bits per heavy atom. The van der Waals surface area contributed by atoms with Crippen LogP contribution in [0, 0.1) is 0 Å². The van der Waals surface area contributed by atoms with Gasteiger partial charge in [0.25, 0.3) is 0 Å². The van der Waals surface area contributed by atoms with E-state index in [-0.39, 0.29) is 25.0 Å². The van der Waals surface area contributed by atoms with Crippen molar-refractivity contribution in [1.29, 1.82) is 0 Å². The first-order chi connectivity index (χ1) is 11.6. The zero-order valence-electron chi connectivity index (χ0n) is 14.7. The lowest BCUT2D eigenvalue weighted by atomic mass is 9.94. The Labute approximate surface area is 144 Å². The van der Waals surface area contributed by atoms with Crippen molar-refractivity contribution in [2.24, 2.45) is 0 Å². The number of carbonyl (C=O) groups excluding carboxylic acids is 2. The lowest BCUT2D eigenvalue weighted by Gasteiger charge is -2.12. The van der Waals surface area contributed by atoms with Gasteiger partial charge in [-0.3, -0.25) is 9.59 Å². The van der Waals surface area contributed by atoms with E-state index in [0.717, 1.165) is 12.8 Å². The van der Waals surface area contributed by atoms with Gasteiger partial charge in [-0.25, -0.2) is 0 Å². The van der Waals surface area contributed by atoms with Gasteiger partial charge in [-0.15, -0.1) is 0 Å². The van der Waals surface area contributed by atoms with Gasteiger partial charge in [0, 0.05) is 19.3 Å². The number of aliphatic hydroxyl groups is 1. The van der Waals surface area contributed by atoms with Gasteiger partial charge < -0.3 is 14.6 Å². The fourth-order valence-corrected chi connectivity index (χ4v) is 2.60. The van der Waals surface area contributed by atoms with Crippen LogP contribution in [0.3, 0.4) is 0 Å². The molecule has 0 amide bonds. The number of hydrogen-bond donors (Lipinski definition) is 1. The predicted molar refractivity (Wildman–Crippen MR) is 92.4 cm³/mol. The van der Waals surface area contributed by atoms with Crippen molar-refractivity contribution in [1.82, 2.24) is 0 Å². The Bertz CT molecular complexity index is 431. The summed E-state index contributed by atoms with van der Waals surface area (Å²) in [5.41, 5.74) is 1.45. The van der Waals surface area contributed by atoms with E-state index >= 15 is 0 Å². The van der Waals surface area contributed by atoms with Gasteiger partial charge in [-0.1, -0.05) is 30.2 Å². The van der Waals surface area contributed by atoms with E-state index in [2.05, 4.69) is 10.8 Å². The molecule has 1 aliphatic carbocycles. The summed E-state index contributed by atoms with van der Waals surface area (Å²) in [6.07, 6.45) is 13.5. The maximum atomic E-state index is 11.5. The Kier molecular flexibility index (Phi) is 10.9. The summed E-state index contributed by atoms with van der Waals surface area (Å²) in [7, 11) is 1.35. The summed E-state index contributed by atoms with van der Waals surface area (Å²) in [6.45, 7) is 0.206. The van der Waals surface area contributed by atoms with Crippen molar-refractivity contribution < 1.29 is 24.2 Å². The fraction of sp³-hybridized carbons (Fsp3) is 0.684. The average Bonchev–Trinajstić information content (AvgIpc) is 2.59. The fourth-order valence-electron chi connectivity index (χ4n) is 2.60. The highest BCUT2D eigenvalue weighted by Gasteiger charge is 2.07. The van der Waals surface area contributed by atoms with Crippen LogP contribution in [0.25, 0.3) is 0 Å². The molecule has 0 heterocycles. The lowest BCUT2D eigenvalue weighted by molar-refractivity contribution is -0.145. The number of hydrogen-bond acceptors (Lipinski definition) is 5. The summed E-state index contributed by atoms with van der Waals surface area (Å²) in [5.74, 6) is -0.554. The smallest absolute Gasteiger partial charge is 0.305 e. The maximum Gasteiger partial charge on any atom is 0.305 e. The van der Waals surface area contributed by atoms with Gasteiger partial charge in [0.05, 0.1) is 19.8 Å². The molecular weight excluding hydrogens is 308 g/mol. The number of rotatable bonds is 10. The number of esters is 2. The van der Waals surface area contributed by atoms with Crippen LogP contribution in [0.4, 0.5) is 0 Å². The molecule has 136 valence electrons. The summed E-state index contributed by atoms with van der Waals surface area (Å²) < 4.78 is 9.60. The van der Waals surface area contributed by atoms with Crippen molar-refractivity contribution >= 4 is 11.9 Å². The first-order valence-electron chi connectivity index (χ1n) is 8.88. The van der Waals surface area contributed by atoms with Gasteiger partial charge in [0.15, 0.2) is 0 Å². The Morgan fingerprint density at radius 2 is 1.79 bits per heavy atom. The monoisotopic (exact) mass is 338 g/mol. The van der Waals surface area contributed by atoms with Crippen LogP contribution in [-0.2, 0) is 19.1 Å². The Balaban J connectivity index is 2.06. The van der Waals surface area contributed by atoms with Crippen molar-refractivity contribution in [3.05, 3.63) is 23.8 Å². The zero-order valence-corrected chi connectivity index (χ0v) is 14.7. The third-order valence-electron chi connectivity index (χ3n) is 4.08. The molecule has 24 heavy (non-hydrogen) atoms. The number of carbonyl (C=O) groups is 2. The van der Waals surface area contributed by atoms with Gasteiger partial charge >= 0.3 is 11.9 Å². The van der Waals surface area contributed by atoms with Crippen LogP contribution < -0.4 is 0 Å². The van der Waals surface area contributed by atoms with Gasteiger partial charge in [-0.2, -0.15) is 0 Å². The highest BCUT2D eigenvalue weighted by atomic mass is 16.5. The first kappa shape index (κ1) is 20.4. The second-order valence-corrected chi connectivity index (χ2v) is 6.13. The van der Waals surface area contributed by atoms with E-state index in [9.17, 15) is 14.7 Å². The molecule has 0 aromatic rings. The molecule has 0 aromatic heterocycles. The largest absolute Gasteiger partial charge is 0.469 e. The number of methoxy groups -OCH3 is 1. The van der Waals surface area contributed by atoms with Crippen LogP contribution >= 0.6 is 0 Å². The molecule has 1 unspecified atom stereocenters. The number of aliphatic hydroxyl groups excluding tert-OH is 1. The predicted octanol–water partition coefficient (Wildman–Crippen LogP) is 3.46. The van der Waals surface area contributed by atoms with Gasteiger partial charge in [0.1, 0.15) is 0 Å². The summed E-state index contributed by atoms with van der Waals surface area (Å²) in [6, 6.07) is 0. The summed E-state index contributed by atoms with van der Waals surface area (Å²) in [5, 5.41) is 9.84. The molecular formula is C19H30O5. The molecule has 0 spiro atoms. The third-order valence-corrected chi connectivity index (χ3v) is 4.08. The average molecular weight is 338 g/mol. The minimum Gasteiger partial charge on any atom is -0.469 e. The van der Waals surface area contributed by atoms with Crippen LogP contribution in [0.5, 0.6) is 0 Å². The second kappa shape index (κ2) is 12.8. The van der Waals surface area contributed by atoms with Crippen LogP contribution in [0.2, 0.25) is 0 Å². The molecule has 1 N–H and O–H groups in total. The normalized spacial score (nSPS) is 16.0. The standard InChI is InChI=1S/C19H30O5/c1-23-18(21)12-5-6-13-19(22)24-15-14-17(20)11-7-10-16-8-3-2-4-9-16/h7,10-11,17,20H,2-6,8-9,12-15H2,1H3/b11-7+.